The van der Waals surface area contributed by atoms with Crippen LogP contribution in [0.4, 0.5) is 0 Å². The molecule has 0 aromatic carbocycles. The first-order valence-corrected chi connectivity index (χ1v) is 6.60. The van der Waals surface area contributed by atoms with Gasteiger partial charge in [-0.15, -0.1) is 22.7 Å². The van der Waals surface area contributed by atoms with E-state index in [0.717, 1.165) is 25.2 Å². The van der Waals surface area contributed by atoms with Crippen molar-refractivity contribution in [1.29, 1.82) is 0 Å². The lowest BCUT2D eigenvalue weighted by Gasteiger charge is -2.01. The highest BCUT2D eigenvalue weighted by Gasteiger charge is 2.00. The van der Waals surface area contributed by atoms with Crippen LogP contribution in [-0.4, -0.2) is 16.5 Å². The van der Waals surface area contributed by atoms with Crippen molar-refractivity contribution < 1.29 is 0 Å². The van der Waals surface area contributed by atoms with Crippen molar-refractivity contribution >= 4 is 22.7 Å². The van der Waals surface area contributed by atoms with Gasteiger partial charge < -0.3 is 5.32 Å². The molecule has 0 unspecified atom stereocenters. The van der Waals surface area contributed by atoms with Gasteiger partial charge in [-0.25, -0.2) is 9.97 Å². The zero-order chi connectivity index (χ0) is 10.5. The molecule has 2 aromatic heterocycles. The molecule has 80 valence electrons. The normalized spacial score (nSPS) is 10.7. The van der Waals surface area contributed by atoms with Crippen LogP contribution in [0.3, 0.4) is 0 Å². The first kappa shape index (κ1) is 10.7. The molecular formula is C10H13N3S2. The molecule has 0 radical (unpaired) electrons. The highest BCUT2D eigenvalue weighted by molar-refractivity contribution is 7.09. The number of hydrogen-bond acceptors (Lipinski definition) is 5. The maximum absolute atomic E-state index is 4.24. The molecule has 2 heterocycles. The van der Waals surface area contributed by atoms with Gasteiger partial charge >= 0.3 is 0 Å². The Morgan fingerprint density at radius 1 is 1.33 bits per heavy atom. The fraction of sp³-hybridized carbons (Fsp3) is 0.400. The average molecular weight is 239 g/mol. The second kappa shape index (κ2) is 5.34. The Morgan fingerprint density at radius 3 is 2.93 bits per heavy atom. The Labute approximate surface area is 97.2 Å². The van der Waals surface area contributed by atoms with Crippen molar-refractivity contribution in [2.24, 2.45) is 0 Å². The molecule has 0 aliphatic rings. The number of nitrogens with zero attached hydrogens (tertiary/aromatic N) is 2. The number of thiazole rings is 2. The number of hydrogen-bond donors (Lipinski definition) is 1. The highest BCUT2D eigenvalue weighted by atomic mass is 32.1. The van der Waals surface area contributed by atoms with E-state index < -0.39 is 0 Å². The third-order valence-corrected chi connectivity index (χ3v) is 3.90. The Morgan fingerprint density at radius 2 is 2.27 bits per heavy atom. The van der Waals surface area contributed by atoms with Crippen molar-refractivity contribution in [1.82, 2.24) is 15.3 Å². The zero-order valence-electron chi connectivity index (χ0n) is 8.56. The van der Waals surface area contributed by atoms with Crippen molar-refractivity contribution in [2.75, 3.05) is 6.54 Å². The molecule has 0 atom stereocenters. The van der Waals surface area contributed by atoms with Gasteiger partial charge in [0.15, 0.2) is 0 Å². The van der Waals surface area contributed by atoms with Gasteiger partial charge in [-0.05, 0) is 6.92 Å². The summed E-state index contributed by atoms with van der Waals surface area (Å²) in [6.07, 6.45) is 2.86. The Kier molecular flexibility index (Phi) is 3.82. The van der Waals surface area contributed by atoms with Crippen molar-refractivity contribution in [2.45, 2.75) is 19.9 Å². The summed E-state index contributed by atoms with van der Waals surface area (Å²) in [5.74, 6) is 0. The summed E-state index contributed by atoms with van der Waals surface area (Å²) < 4.78 is 0. The van der Waals surface area contributed by atoms with Crippen LogP contribution in [0.5, 0.6) is 0 Å². The molecule has 0 fully saturated rings. The third-order valence-electron chi connectivity index (χ3n) is 2.13. The fourth-order valence-electron chi connectivity index (χ4n) is 1.27. The molecule has 0 aliphatic heterocycles. The van der Waals surface area contributed by atoms with Crippen molar-refractivity contribution in [3.63, 3.8) is 0 Å². The van der Waals surface area contributed by atoms with Gasteiger partial charge in [-0.3, -0.25) is 0 Å². The van der Waals surface area contributed by atoms with E-state index in [1.807, 2.05) is 24.0 Å². The minimum atomic E-state index is 0.919. The van der Waals surface area contributed by atoms with E-state index in [9.17, 15) is 0 Å². The van der Waals surface area contributed by atoms with Gasteiger partial charge in [0.05, 0.1) is 16.2 Å². The summed E-state index contributed by atoms with van der Waals surface area (Å²) >= 11 is 3.42. The second-order valence-corrected chi connectivity index (χ2v) is 5.13. The summed E-state index contributed by atoms with van der Waals surface area (Å²) in [6.45, 7) is 3.95. The van der Waals surface area contributed by atoms with E-state index >= 15 is 0 Å². The molecule has 0 saturated heterocycles. The molecule has 0 aliphatic carbocycles. The van der Waals surface area contributed by atoms with Gasteiger partial charge in [0.25, 0.3) is 0 Å². The van der Waals surface area contributed by atoms with Gasteiger partial charge in [0, 0.05) is 36.0 Å². The van der Waals surface area contributed by atoms with Gasteiger partial charge in [0.1, 0.15) is 0 Å². The lowest BCUT2D eigenvalue weighted by atomic mass is 10.4. The number of aryl methyl sites for hydroxylation is 1. The molecule has 0 bridgehead atoms. The van der Waals surface area contributed by atoms with E-state index in [-0.39, 0.29) is 0 Å². The largest absolute Gasteiger partial charge is 0.311 e. The Balaban J connectivity index is 1.70. The summed E-state index contributed by atoms with van der Waals surface area (Å²) in [5.41, 5.74) is 3.04. The van der Waals surface area contributed by atoms with Gasteiger partial charge in [-0.1, -0.05) is 0 Å². The molecule has 0 saturated carbocycles. The van der Waals surface area contributed by atoms with E-state index in [1.165, 1.54) is 9.88 Å². The first-order chi connectivity index (χ1) is 7.36. The van der Waals surface area contributed by atoms with Crippen molar-refractivity contribution in [3.8, 4) is 0 Å². The lowest BCUT2D eigenvalue weighted by molar-refractivity contribution is 0.688. The van der Waals surface area contributed by atoms with E-state index in [1.54, 1.807) is 22.7 Å². The van der Waals surface area contributed by atoms with Gasteiger partial charge in [0.2, 0.25) is 0 Å². The van der Waals surface area contributed by atoms with Crippen LogP contribution in [0.25, 0.3) is 0 Å². The van der Waals surface area contributed by atoms with Crippen LogP contribution >= 0.6 is 22.7 Å². The highest BCUT2D eigenvalue weighted by Crippen LogP contribution is 2.11. The molecule has 0 spiro atoms. The standard InChI is InChI=1S/C10H13N3S2/c1-8-9(15-7-13-8)6-11-3-2-10-12-4-5-14-10/h4-5,7,11H,2-3,6H2,1H3. The topological polar surface area (TPSA) is 37.8 Å². The molecule has 2 aromatic rings. The van der Waals surface area contributed by atoms with E-state index in [4.69, 9.17) is 0 Å². The van der Waals surface area contributed by atoms with Crippen LogP contribution in [-0.2, 0) is 13.0 Å². The Hall–Kier alpha value is -0.780. The summed E-state index contributed by atoms with van der Waals surface area (Å²) in [4.78, 5) is 9.78. The Bertz CT molecular complexity index is 394. The monoisotopic (exact) mass is 239 g/mol. The number of nitrogens with one attached hydrogen (secondary N) is 1. The molecule has 2 rings (SSSR count). The third kappa shape index (κ3) is 3.09. The number of rotatable bonds is 5. The molecule has 5 heteroatoms. The molecule has 0 amide bonds. The minimum absolute atomic E-state index is 0.919. The van der Waals surface area contributed by atoms with Crippen molar-refractivity contribution in [3.05, 3.63) is 32.7 Å². The van der Waals surface area contributed by atoms with E-state index in [0.29, 0.717) is 0 Å². The lowest BCUT2D eigenvalue weighted by Crippen LogP contribution is -2.16. The van der Waals surface area contributed by atoms with Crippen LogP contribution in [0.15, 0.2) is 17.1 Å². The maximum atomic E-state index is 4.24. The predicted molar refractivity (Wildman–Crippen MR) is 64.4 cm³/mol. The quantitative estimate of drug-likeness (QED) is 0.813. The summed E-state index contributed by atoms with van der Waals surface area (Å²) in [6, 6.07) is 0. The molecular weight excluding hydrogens is 226 g/mol. The number of aromatic nitrogens is 2. The van der Waals surface area contributed by atoms with E-state index in [2.05, 4.69) is 15.3 Å². The second-order valence-electron chi connectivity index (χ2n) is 3.21. The summed E-state index contributed by atoms with van der Waals surface area (Å²) in [5, 5.41) is 6.62. The molecule has 15 heavy (non-hydrogen) atoms. The van der Waals surface area contributed by atoms with Crippen LogP contribution < -0.4 is 5.32 Å². The maximum Gasteiger partial charge on any atom is 0.0937 e. The smallest absolute Gasteiger partial charge is 0.0937 e. The van der Waals surface area contributed by atoms with Crippen LogP contribution in [0, 0.1) is 6.92 Å². The molecule has 3 nitrogen and oxygen atoms in total. The summed E-state index contributed by atoms with van der Waals surface area (Å²) in [7, 11) is 0. The fourth-order valence-corrected chi connectivity index (χ4v) is 2.64. The minimum Gasteiger partial charge on any atom is -0.311 e. The van der Waals surface area contributed by atoms with Gasteiger partial charge in [-0.2, -0.15) is 0 Å². The zero-order valence-corrected chi connectivity index (χ0v) is 10.2. The predicted octanol–water partition coefficient (Wildman–Crippen LogP) is 2.24. The average Bonchev–Trinajstić information content (AvgIpc) is 2.85. The van der Waals surface area contributed by atoms with Crippen LogP contribution in [0.1, 0.15) is 15.6 Å². The molecule has 1 N–H and O–H groups in total. The SMILES string of the molecule is Cc1ncsc1CNCCc1nccs1. The van der Waals surface area contributed by atoms with Crippen LogP contribution in [0.2, 0.25) is 0 Å². The first-order valence-electron chi connectivity index (χ1n) is 4.84.